The highest BCUT2D eigenvalue weighted by molar-refractivity contribution is 6.32. The van der Waals surface area contributed by atoms with Gasteiger partial charge in [0.05, 0.1) is 18.3 Å². The van der Waals surface area contributed by atoms with E-state index in [0.29, 0.717) is 16.6 Å². The maximum absolute atomic E-state index is 5.89. The Hall–Kier alpha value is -1.75. The van der Waals surface area contributed by atoms with Gasteiger partial charge < -0.3 is 10.1 Å². The molecular weight excluding hydrogens is 216 g/mol. The Morgan fingerprint density at radius 3 is 3.00 bits per heavy atom. The van der Waals surface area contributed by atoms with Gasteiger partial charge in [-0.3, -0.25) is 0 Å². The van der Waals surface area contributed by atoms with Gasteiger partial charge in [0.25, 0.3) is 0 Å². The molecule has 5 nitrogen and oxygen atoms in total. The molecule has 15 heavy (non-hydrogen) atoms. The third-order valence-electron chi connectivity index (χ3n) is 1.84. The van der Waals surface area contributed by atoms with Crippen molar-refractivity contribution in [3.05, 3.63) is 29.4 Å². The van der Waals surface area contributed by atoms with E-state index in [1.54, 1.807) is 25.4 Å². The van der Waals surface area contributed by atoms with Crippen molar-refractivity contribution in [1.82, 2.24) is 15.4 Å². The number of benzene rings is 1. The van der Waals surface area contributed by atoms with Crippen LogP contribution in [0, 0.1) is 0 Å². The van der Waals surface area contributed by atoms with E-state index in [2.05, 4.69) is 20.7 Å². The van der Waals surface area contributed by atoms with Crippen molar-refractivity contribution in [1.29, 1.82) is 0 Å². The quantitative estimate of drug-likeness (QED) is 0.839. The molecule has 0 aliphatic carbocycles. The molecule has 2 rings (SSSR count). The van der Waals surface area contributed by atoms with Gasteiger partial charge in [-0.1, -0.05) is 11.6 Å². The molecule has 0 fully saturated rings. The summed E-state index contributed by atoms with van der Waals surface area (Å²) in [6.45, 7) is 0. The molecule has 2 N–H and O–H groups in total. The van der Waals surface area contributed by atoms with Crippen LogP contribution < -0.4 is 10.1 Å². The van der Waals surface area contributed by atoms with E-state index in [9.17, 15) is 0 Å². The zero-order chi connectivity index (χ0) is 10.7. The summed E-state index contributed by atoms with van der Waals surface area (Å²) in [7, 11) is 1.57. The van der Waals surface area contributed by atoms with Crippen LogP contribution in [0.15, 0.2) is 24.4 Å². The summed E-state index contributed by atoms with van der Waals surface area (Å²) in [5, 5.41) is 13.7. The van der Waals surface area contributed by atoms with Crippen LogP contribution in [0.3, 0.4) is 0 Å². The van der Waals surface area contributed by atoms with Gasteiger partial charge in [-0.05, 0) is 12.1 Å². The number of aromatic nitrogens is 3. The Morgan fingerprint density at radius 1 is 1.47 bits per heavy atom. The molecule has 6 heteroatoms. The predicted molar refractivity (Wildman–Crippen MR) is 57.7 cm³/mol. The first-order valence-corrected chi connectivity index (χ1v) is 4.64. The first kappa shape index (κ1) is 9.79. The number of aromatic amines is 1. The van der Waals surface area contributed by atoms with E-state index in [0.717, 1.165) is 5.69 Å². The van der Waals surface area contributed by atoms with Gasteiger partial charge in [0, 0.05) is 11.8 Å². The Kier molecular flexibility index (Phi) is 2.73. The standard InChI is InChI=1S/C9H9ClN4O/c1-15-8-4-6(2-3-7(8)10)12-9-5-11-14-13-9/h2-5H,1H3,(H2,11,12,13,14). The lowest BCUT2D eigenvalue weighted by Gasteiger charge is -2.06. The zero-order valence-electron chi connectivity index (χ0n) is 7.99. The monoisotopic (exact) mass is 224 g/mol. The van der Waals surface area contributed by atoms with E-state index in [1.807, 2.05) is 6.07 Å². The van der Waals surface area contributed by atoms with Crippen molar-refractivity contribution in [2.75, 3.05) is 12.4 Å². The van der Waals surface area contributed by atoms with Crippen molar-refractivity contribution < 1.29 is 4.74 Å². The first-order valence-electron chi connectivity index (χ1n) is 4.26. The summed E-state index contributed by atoms with van der Waals surface area (Å²) in [6.07, 6.45) is 1.58. The fraction of sp³-hybridized carbons (Fsp3) is 0.111. The zero-order valence-corrected chi connectivity index (χ0v) is 8.75. The fourth-order valence-electron chi connectivity index (χ4n) is 1.15. The molecule has 0 saturated heterocycles. The minimum absolute atomic E-state index is 0.572. The van der Waals surface area contributed by atoms with Crippen LogP contribution in [0.1, 0.15) is 0 Å². The topological polar surface area (TPSA) is 62.8 Å². The minimum Gasteiger partial charge on any atom is -0.495 e. The van der Waals surface area contributed by atoms with Crippen molar-refractivity contribution in [3.8, 4) is 5.75 Å². The Balaban J connectivity index is 2.22. The fourth-order valence-corrected chi connectivity index (χ4v) is 1.34. The van der Waals surface area contributed by atoms with Crippen LogP contribution in [0.25, 0.3) is 0 Å². The highest BCUT2D eigenvalue weighted by Gasteiger charge is 2.02. The lowest BCUT2D eigenvalue weighted by atomic mass is 10.3. The molecule has 1 aromatic heterocycles. The molecule has 0 aliphatic heterocycles. The summed E-state index contributed by atoms with van der Waals surface area (Å²) >= 11 is 5.89. The largest absolute Gasteiger partial charge is 0.495 e. The molecule has 78 valence electrons. The van der Waals surface area contributed by atoms with Crippen molar-refractivity contribution in [2.24, 2.45) is 0 Å². The number of nitrogens with one attached hydrogen (secondary N) is 2. The number of hydrogen-bond acceptors (Lipinski definition) is 4. The molecule has 0 bridgehead atoms. The van der Waals surface area contributed by atoms with Gasteiger partial charge in [-0.2, -0.15) is 10.3 Å². The van der Waals surface area contributed by atoms with Gasteiger partial charge in [0.1, 0.15) is 5.75 Å². The molecule has 0 amide bonds. The molecule has 0 radical (unpaired) electrons. The third-order valence-corrected chi connectivity index (χ3v) is 2.15. The lowest BCUT2D eigenvalue weighted by molar-refractivity contribution is 0.415. The molecule has 0 spiro atoms. The number of ether oxygens (including phenoxy) is 1. The third kappa shape index (κ3) is 2.19. The maximum Gasteiger partial charge on any atom is 0.172 e. The van der Waals surface area contributed by atoms with Gasteiger partial charge in [-0.25, -0.2) is 0 Å². The van der Waals surface area contributed by atoms with Crippen LogP contribution in [-0.4, -0.2) is 22.5 Å². The summed E-state index contributed by atoms with van der Waals surface area (Å²) in [6, 6.07) is 5.37. The van der Waals surface area contributed by atoms with Gasteiger partial charge >= 0.3 is 0 Å². The van der Waals surface area contributed by atoms with E-state index in [1.165, 1.54) is 0 Å². The van der Waals surface area contributed by atoms with Crippen LogP contribution in [0.5, 0.6) is 5.75 Å². The number of methoxy groups -OCH3 is 1. The summed E-state index contributed by atoms with van der Waals surface area (Å²) in [5.41, 5.74) is 0.838. The highest BCUT2D eigenvalue weighted by atomic mass is 35.5. The Bertz CT molecular complexity index is 443. The average molecular weight is 225 g/mol. The second-order valence-electron chi connectivity index (χ2n) is 2.83. The number of anilines is 2. The van der Waals surface area contributed by atoms with Crippen molar-refractivity contribution in [3.63, 3.8) is 0 Å². The molecule has 0 unspecified atom stereocenters. The van der Waals surface area contributed by atoms with Gasteiger partial charge in [0.2, 0.25) is 0 Å². The van der Waals surface area contributed by atoms with Crippen LogP contribution in [0.4, 0.5) is 11.5 Å². The van der Waals surface area contributed by atoms with E-state index in [-0.39, 0.29) is 0 Å². The summed E-state index contributed by atoms with van der Waals surface area (Å²) < 4.78 is 5.09. The lowest BCUT2D eigenvalue weighted by Crippen LogP contribution is -1.92. The molecule has 1 aromatic carbocycles. The van der Waals surface area contributed by atoms with Crippen LogP contribution >= 0.6 is 11.6 Å². The van der Waals surface area contributed by atoms with Crippen LogP contribution in [0.2, 0.25) is 5.02 Å². The number of nitrogens with zero attached hydrogens (tertiary/aromatic N) is 2. The average Bonchev–Trinajstić information content (AvgIpc) is 2.73. The van der Waals surface area contributed by atoms with Gasteiger partial charge in [-0.15, -0.1) is 5.10 Å². The molecule has 0 aliphatic rings. The molecule has 2 aromatic rings. The predicted octanol–water partition coefficient (Wildman–Crippen LogP) is 2.21. The van der Waals surface area contributed by atoms with Crippen LogP contribution in [-0.2, 0) is 0 Å². The minimum atomic E-state index is 0.572. The SMILES string of the molecule is COc1cc(Nc2cn[nH]n2)ccc1Cl. The van der Waals surface area contributed by atoms with Crippen molar-refractivity contribution in [2.45, 2.75) is 0 Å². The first-order chi connectivity index (χ1) is 7.29. The number of rotatable bonds is 3. The maximum atomic E-state index is 5.89. The molecule has 0 saturated carbocycles. The molecular formula is C9H9ClN4O. The molecule has 1 heterocycles. The second-order valence-corrected chi connectivity index (χ2v) is 3.24. The smallest absolute Gasteiger partial charge is 0.172 e. The van der Waals surface area contributed by atoms with E-state index >= 15 is 0 Å². The number of halogens is 1. The van der Waals surface area contributed by atoms with E-state index < -0.39 is 0 Å². The van der Waals surface area contributed by atoms with E-state index in [4.69, 9.17) is 16.3 Å². The normalized spacial score (nSPS) is 10.0. The van der Waals surface area contributed by atoms with Gasteiger partial charge in [0.15, 0.2) is 5.82 Å². The second kappa shape index (κ2) is 4.18. The summed E-state index contributed by atoms with van der Waals surface area (Å²) in [5.74, 6) is 1.25. The number of hydrogen-bond donors (Lipinski definition) is 2. The molecule has 0 atom stereocenters. The van der Waals surface area contributed by atoms with Crippen molar-refractivity contribution >= 4 is 23.1 Å². The Labute approximate surface area is 91.4 Å². The Morgan fingerprint density at radius 2 is 2.33 bits per heavy atom. The highest BCUT2D eigenvalue weighted by Crippen LogP contribution is 2.28. The number of H-pyrrole nitrogens is 1. The summed E-state index contributed by atoms with van der Waals surface area (Å²) in [4.78, 5) is 0.